The summed E-state index contributed by atoms with van der Waals surface area (Å²) >= 11 is 1.96. The van der Waals surface area contributed by atoms with Crippen molar-refractivity contribution in [1.82, 2.24) is 0 Å². The molecule has 0 unspecified atom stereocenters. The molecule has 15 heavy (non-hydrogen) atoms. The molecule has 3 N–H and O–H groups in total. The predicted octanol–water partition coefficient (Wildman–Crippen LogP) is 2.41. The second kappa shape index (κ2) is 3.72. The lowest BCUT2D eigenvalue weighted by Gasteiger charge is -2.33. The lowest BCUT2D eigenvalue weighted by molar-refractivity contribution is 0.351. The molecule has 2 aliphatic rings. The largest absolute Gasteiger partial charge is 0.383 e. The number of thioether (sulfide) groups is 1. The Labute approximate surface area is 94.6 Å². The SMILES string of the molecule is NC1CC(c2ccc3c(c2)SCCN3)C1. The first-order valence-corrected chi connectivity index (χ1v) is 6.57. The Morgan fingerprint density at radius 2 is 2.20 bits per heavy atom. The maximum absolute atomic E-state index is 5.83. The van der Waals surface area contributed by atoms with Crippen molar-refractivity contribution in [1.29, 1.82) is 0 Å². The van der Waals surface area contributed by atoms with Crippen molar-refractivity contribution >= 4 is 17.4 Å². The molecule has 1 aromatic rings. The van der Waals surface area contributed by atoms with E-state index in [0.717, 1.165) is 19.4 Å². The predicted molar refractivity (Wildman–Crippen MR) is 65.6 cm³/mol. The second-order valence-electron chi connectivity index (χ2n) is 4.46. The van der Waals surface area contributed by atoms with Crippen molar-refractivity contribution in [3.63, 3.8) is 0 Å². The van der Waals surface area contributed by atoms with Gasteiger partial charge in [-0.3, -0.25) is 0 Å². The summed E-state index contributed by atoms with van der Waals surface area (Å²) in [6.45, 7) is 1.09. The van der Waals surface area contributed by atoms with Crippen LogP contribution in [-0.4, -0.2) is 18.3 Å². The third kappa shape index (κ3) is 1.74. The highest BCUT2D eigenvalue weighted by Gasteiger charge is 2.27. The van der Waals surface area contributed by atoms with Crippen molar-refractivity contribution in [2.24, 2.45) is 5.73 Å². The summed E-state index contributed by atoms with van der Waals surface area (Å²) in [5, 5.41) is 3.43. The summed E-state index contributed by atoms with van der Waals surface area (Å²) in [4.78, 5) is 1.42. The Balaban J connectivity index is 1.85. The first kappa shape index (κ1) is 9.55. The lowest BCUT2D eigenvalue weighted by atomic mass is 9.76. The van der Waals surface area contributed by atoms with Crippen LogP contribution < -0.4 is 11.1 Å². The highest BCUT2D eigenvalue weighted by atomic mass is 32.2. The van der Waals surface area contributed by atoms with Gasteiger partial charge in [0.2, 0.25) is 0 Å². The minimum Gasteiger partial charge on any atom is -0.383 e. The van der Waals surface area contributed by atoms with Crippen LogP contribution in [0.15, 0.2) is 23.1 Å². The van der Waals surface area contributed by atoms with Crippen molar-refractivity contribution in [3.05, 3.63) is 23.8 Å². The van der Waals surface area contributed by atoms with E-state index in [-0.39, 0.29) is 0 Å². The molecule has 0 spiro atoms. The zero-order valence-corrected chi connectivity index (χ0v) is 9.52. The van der Waals surface area contributed by atoms with Crippen LogP contribution in [0.5, 0.6) is 0 Å². The number of anilines is 1. The molecule has 1 aromatic carbocycles. The van der Waals surface area contributed by atoms with E-state index < -0.39 is 0 Å². The normalized spacial score (nSPS) is 28.9. The van der Waals surface area contributed by atoms with Crippen LogP contribution in [0, 0.1) is 0 Å². The van der Waals surface area contributed by atoms with Gasteiger partial charge in [0.05, 0.1) is 0 Å². The quantitative estimate of drug-likeness (QED) is 0.763. The van der Waals surface area contributed by atoms with Gasteiger partial charge >= 0.3 is 0 Å². The molecule has 1 aliphatic carbocycles. The number of hydrogen-bond donors (Lipinski definition) is 2. The lowest BCUT2D eigenvalue weighted by Crippen LogP contribution is -2.34. The summed E-state index contributed by atoms with van der Waals surface area (Å²) in [6, 6.07) is 7.27. The molecule has 0 amide bonds. The van der Waals surface area contributed by atoms with Gasteiger partial charge in [0.1, 0.15) is 0 Å². The average Bonchev–Trinajstić information content (AvgIpc) is 2.24. The number of nitrogens with two attached hydrogens (primary N) is 1. The van der Waals surface area contributed by atoms with E-state index in [2.05, 4.69) is 23.5 Å². The first-order chi connectivity index (χ1) is 7.33. The zero-order valence-electron chi connectivity index (χ0n) is 8.70. The number of fused-ring (bicyclic) bond motifs is 1. The molecular weight excluding hydrogens is 204 g/mol. The molecule has 0 aromatic heterocycles. The van der Waals surface area contributed by atoms with E-state index in [0.29, 0.717) is 12.0 Å². The third-order valence-corrected chi connectivity index (χ3v) is 4.38. The van der Waals surface area contributed by atoms with Crippen molar-refractivity contribution < 1.29 is 0 Å². The van der Waals surface area contributed by atoms with E-state index in [4.69, 9.17) is 5.73 Å². The van der Waals surface area contributed by atoms with E-state index in [9.17, 15) is 0 Å². The van der Waals surface area contributed by atoms with Crippen LogP contribution in [0.3, 0.4) is 0 Å². The molecule has 3 rings (SSSR count). The van der Waals surface area contributed by atoms with E-state index in [1.807, 2.05) is 11.8 Å². The van der Waals surface area contributed by atoms with Gasteiger partial charge in [0.15, 0.2) is 0 Å². The molecule has 2 nitrogen and oxygen atoms in total. The highest BCUT2D eigenvalue weighted by Crippen LogP contribution is 2.39. The Morgan fingerprint density at radius 3 is 3.00 bits per heavy atom. The second-order valence-corrected chi connectivity index (χ2v) is 5.60. The van der Waals surface area contributed by atoms with E-state index >= 15 is 0 Å². The summed E-state index contributed by atoms with van der Waals surface area (Å²) in [5.74, 6) is 1.90. The molecule has 80 valence electrons. The van der Waals surface area contributed by atoms with E-state index in [1.54, 1.807) is 0 Å². The van der Waals surface area contributed by atoms with Gasteiger partial charge in [-0.25, -0.2) is 0 Å². The van der Waals surface area contributed by atoms with E-state index in [1.165, 1.54) is 21.9 Å². The van der Waals surface area contributed by atoms with Gasteiger partial charge in [0.25, 0.3) is 0 Å². The molecule has 0 bridgehead atoms. The van der Waals surface area contributed by atoms with Crippen molar-refractivity contribution in [3.8, 4) is 0 Å². The number of hydrogen-bond acceptors (Lipinski definition) is 3. The average molecular weight is 220 g/mol. The Bertz CT molecular complexity index is 372. The van der Waals surface area contributed by atoms with Crippen LogP contribution >= 0.6 is 11.8 Å². The van der Waals surface area contributed by atoms with Gasteiger partial charge in [0, 0.05) is 28.9 Å². The summed E-state index contributed by atoms with van der Waals surface area (Å²) in [5.41, 5.74) is 8.61. The minimum absolute atomic E-state index is 0.441. The standard InChI is InChI=1S/C12H16N2S/c13-10-5-9(6-10)8-1-2-11-12(7-8)15-4-3-14-11/h1-2,7,9-10,14H,3-6,13H2. The fourth-order valence-corrected chi connectivity index (χ4v) is 3.28. The van der Waals surface area contributed by atoms with Gasteiger partial charge in [-0.05, 0) is 36.5 Å². The highest BCUT2D eigenvalue weighted by molar-refractivity contribution is 7.99. The summed E-state index contributed by atoms with van der Waals surface area (Å²) < 4.78 is 0. The molecule has 1 fully saturated rings. The fraction of sp³-hybridized carbons (Fsp3) is 0.500. The van der Waals surface area contributed by atoms with Gasteiger partial charge in [-0.2, -0.15) is 0 Å². The van der Waals surface area contributed by atoms with Crippen LogP contribution in [0.4, 0.5) is 5.69 Å². The molecule has 3 heteroatoms. The van der Waals surface area contributed by atoms with Crippen LogP contribution in [0.25, 0.3) is 0 Å². The number of benzene rings is 1. The number of rotatable bonds is 1. The minimum atomic E-state index is 0.441. The molecule has 0 atom stereocenters. The molecule has 1 aliphatic heterocycles. The van der Waals surface area contributed by atoms with Crippen LogP contribution in [-0.2, 0) is 0 Å². The smallest absolute Gasteiger partial charge is 0.0478 e. The molecule has 1 saturated carbocycles. The number of nitrogens with one attached hydrogen (secondary N) is 1. The van der Waals surface area contributed by atoms with Gasteiger partial charge in [-0.15, -0.1) is 11.8 Å². The van der Waals surface area contributed by atoms with Gasteiger partial charge in [-0.1, -0.05) is 6.07 Å². The Morgan fingerprint density at radius 1 is 1.33 bits per heavy atom. The topological polar surface area (TPSA) is 38.0 Å². The third-order valence-electron chi connectivity index (χ3n) is 3.33. The summed E-state index contributed by atoms with van der Waals surface area (Å²) in [7, 11) is 0. The molecule has 0 saturated heterocycles. The Kier molecular flexibility index (Phi) is 2.37. The maximum Gasteiger partial charge on any atom is 0.0478 e. The Hall–Kier alpha value is -0.670. The van der Waals surface area contributed by atoms with Crippen molar-refractivity contribution in [2.45, 2.75) is 29.7 Å². The first-order valence-electron chi connectivity index (χ1n) is 5.59. The summed E-state index contributed by atoms with van der Waals surface area (Å²) in [6.07, 6.45) is 2.33. The van der Waals surface area contributed by atoms with Crippen molar-refractivity contribution in [2.75, 3.05) is 17.6 Å². The monoisotopic (exact) mass is 220 g/mol. The van der Waals surface area contributed by atoms with Crippen LogP contribution in [0.1, 0.15) is 24.3 Å². The zero-order chi connectivity index (χ0) is 10.3. The van der Waals surface area contributed by atoms with Crippen LogP contribution in [0.2, 0.25) is 0 Å². The maximum atomic E-state index is 5.83. The van der Waals surface area contributed by atoms with Gasteiger partial charge < -0.3 is 11.1 Å². The molecule has 0 radical (unpaired) electrons. The molecule has 1 heterocycles. The molecular formula is C12H16N2S. The fourth-order valence-electron chi connectivity index (χ4n) is 2.34.